The zero-order chi connectivity index (χ0) is 19.2. The van der Waals surface area contributed by atoms with Crippen LogP contribution in [0.2, 0.25) is 0 Å². The quantitative estimate of drug-likeness (QED) is 0.513. The van der Waals surface area contributed by atoms with Gasteiger partial charge in [0.25, 0.3) is 5.91 Å². The molecule has 27 heavy (non-hydrogen) atoms. The molecule has 3 rings (SSSR count). The van der Waals surface area contributed by atoms with Gasteiger partial charge in [-0.2, -0.15) is 0 Å². The van der Waals surface area contributed by atoms with Crippen molar-refractivity contribution < 1.29 is 13.4 Å². The van der Waals surface area contributed by atoms with Crippen LogP contribution in [0.25, 0.3) is 0 Å². The Labute approximate surface area is 169 Å². The summed E-state index contributed by atoms with van der Waals surface area (Å²) >= 11 is 3.36. The van der Waals surface area contributed by atoms with Crippen LogP contribution in [0.4, 0.5) is 0 Å². The van der Waals surface area contributed by atoms with Crippen LogP contribution >= 0.6 is 15.9 Å². The molecule has 6 heteroatoms. The molecule has 0 fully saturated rings. The lowest BCUT2D eigenvalue weighted by atomic mass is 10.2. The normalized spacial score (nSPS) is 11.9. The van der Waals surface area contributed by atoms with Crippen LogP contribution in [0.15, 0.2) is 80.5 Å². The Morgan fingerprint density at radius 1 is 1.04 bits per heavy atom. The van der Waals surface area contributed by atoms with Crippen LogP contribution in [0.1, 0.15) is 28.8 Å². The van der Waals surface area contributed by atoms with Gasteiger partial charge in [-0.1, -0.05) is 46.3 Å². The van der Waals surface area contributed by atoms with E-state index in [0.717, 1.165) is 14.9 Å². The number of carbonyl (C=O) groups excluding carboxylic acids is 1. The van der Waals surface area contributed by atoms with Crippen LogP contribution in [0.3, 0.4) is 0 Å². The number of nitrogens with zero attached hydrogens (tertiary/aromatic N) is 1. The van der Waals surface area contributed by atoms with Gasteiger partial charge in [0.2, 0.25) is 0 Å². The third kappa shape index (κ3) is 5.17. The lowest BCUT2D eigenvalue weighted by molar-refractivity contribution is 0.0719. The molecule has 0 aliphatic heterocycles. The first-order chi connectivity index (χ1) is 13.1. The second kappa shape index (κ2) is 9.15. The van der Waals surface area contributed by atoms with Crippen LogP contribution in [-0.4, -0.2) is 21.6 Å². The fraction of sp³-hybridized carbons (Fsp3) is 0.190. The first-order valence-corrected chi connectivity index (χ1v) is 10.7. The highest BCUT2D eigenvalue weighted by Gasteiger charge is 2.19. The van der Waals surface area contributed by atoms with E-state index >= 15 is 0 Å². The molecule has 0 N–H and O–H groups in total. The Morgan fingerprint density at radius 3 is 2.41 bits per heavy atom. The summed E-state index contributed by atoms with van der Waals surface area (Å²) in [7, 11) is -1.23. The van der Waals surface area contributed by atoms with E-state index in [2.05, 4.69) is 15.9 Å². The molecule has 1 amide bonds. The molecule has 0 saturated heterocycles. The van der Waals surface area contributed by atoms with Crippen molar-refractivity contribution >= 4 is 32.6 Å². The zero-order valence-electron chi connectivity index (χ0n) is 14.9. The number of amides is 1. The molecule has 0 bridgehead atoms. The van der Waals surface area contributed by atoms with Gasteiger partial charge >= 0.3 is 0 Å². The predicted octanol–water partition coefficient (Wildman–Crippen LogP) is 5.01. The van der Waals surface area contributed by atoms with Crippen molar-refractivity contribution in [1.82, 2.24) is 4.90 Å². The van der Waals surface area contributed by atoms with Crippen molar-refractivity contribution in [3.05, 3.63) is 88.3 Å². The van der Waals surface area contributed by atoms with Crippen molar-refractivity contribution in [2.75, 3.05) is 6.54 Å². The van der Waals surface area contributed by atoms with Crippen molar-refractivity contribution in [2.24, 2.45) is 0 Å². The van der Waals surface area contributed by atoms with Gasteiger partial charge in [0.1, 0.15) is 5.76 Å². The van der Waals surface area contributed by atoms with E-state index in [1.165, 1.54) is 0 Å². The first-order valence-electron chi connectivity index (χ1n) is 8.62. The molecule has 0 aliphatic carbocycles. The second-order valence-corrected chi connectivity index (χ2v) is 8.38. The number of rotatable bonds is 7. The summed E-state index contributed by atoms with van der Waals surface area (Å²) in [5.41, 5.74) is 1.07. The molecule has 4 nitrogen and oxygen atoms in total. The Morgan fingerprint density at radius 2 is 1.74 bits per heavy atom. The van der Waals surface area contributed by atoms with Crippen molar-refractivity contribution in [3.8, 4) is 0 Å². The Hall–Kier alpha value is -2.18. The molecule has 1 unspecified atom stereocenters. The van der Waals surface area contributed by atoms with Gasteiger partial charge in [-0.15, -0.1) is 0 Å². The van der Waals surface area contributed by atoms with Crippen LogP contribution in [0, 0.1) is 0 Å². The third-order valence-electron chi connectivity index (χ3n) is 4.11. The summed E-state index contributed by atoms with van der Waals surface area (Å²) in [5, 5.41) is 0. The van der Waals surface area contributed by atoms with Gasteiger partial charge in [0.05, 0.1) is 16.6 Å². The van der Waals surface area contributed by atoms with Crippen LogP contribution < -0.4 is 0 Å². The minimum atomic E-state index is -1.23. The summed E-state index contributed by atoms with van der Waals surface area (Å²) < 4.78 is 19.1. The zero-order valence-corrected chi connectivity index (χ0v) is 17.3. The van der Waals surface area contributed by atoms with Gasteiger partial charge in [-0.3, -0.25) is 9.00 Å². The molecule has 0 saturated carbocycles. The molecule has 140 valence electrons. The van der Waals surface area contributed by atoms with E-state index in [1.807, 2.05) is 61.5 Å². The van der Waals surface area contributed by atoms with Gasteiger partial charge in [-0.25, -0.2) is 0 Å². The highest BCUT2D eigenvalue weighted by Crippen LogP contribution is 2.19. The second-order valence-electron chi connectivity index (χ2n) is 6.01. The molecule has 1 aromatic heterocycles. The molecule has 0 radical (unpaired) electrons. The van der Waals surface area contributed by atoms with Gasteiger partial charge in [-0.05, 0) is 48.9 Å². The maximum atomic E-state index is 12.7. The number of carbonyl (C=O) groups is 1. The fourth-order valence-corrected chi connectivity index (χ4v) is 3.94. The first kappa shape index (κ1) is 19.6. The monoisotopic (exact) mass is 445 g/mol. The topological polar surface area (TPSA) is 50.5 Å². The number of halogens is 1. The lowest BCUT2D eigenvalue weighted by Crippen LogP contribution is -2.29. The van der Waals surface area contributed by atoms with Crippen molar-refractivity contribution in [1.29, 1.82) is 0 Å². The van der Waals surface area contributed by atoms with E-state index in [4.69, 9.17) is 4.42 Å². The summed E-state index contributed by atoms with van der Waals surface area (Å²) in [4.78, 5) is 15.2. The van der Waals surface area contributed by atoms with Gasteiger partial charge in [0.15, 0.2) is 5.76 Å². The Kier molecular flexibility index (Phi) is 6.63. The van der Waals surface area contributed by atoms with E-state index in [1.54, 1.807) is 17.0 Å². The van der Waals surface area contributed by atoms with E-state index in [0.29, 0.717) is 18.8 Å². The highest BCUT2D eigenvalue weighted by molar-refractivity contribution is 9.10. The van der Waals surface area contributed by atoms with Crippen LogP contribution in [-0.2, 0) is 23.1 Å². The summed E-state index contributed by atoms with van der Waals surface area (Å²) in [6.45, 7) is 3.04. The van der Waals surface area contributed by atoms with Gasteiger partial charge in [0, 0.05) is 22.5 Å². The maximum absolute atomic E-state index is 12.7. The molecule has 1 heterocycles. The molecule has 3 aromatic rings. The largest absolute Gasteiger partial charge is 0.455 e. The minimum absolute atomic E-state index is 0.165. The summed E-state index contributed by atoms with van der Waals surface area (Å²) in [6.07, 6.45) is 0. The molecular weight excluding hydrogens is 426 g/mol. The van der Waals surface area contributed by atoms with E-state index in [-0.39, 0.29) is 17.4 Å². The average Bonchev–Trinajstić information content (AvgIpc) is 3.15. The van der Waals surface area contributed by atoms with Crippen molar-refractivity contribution in [2.45, 2.75) is 24.1 Å². The highest BCUT2D eigenvalue weighted by atomic mass is 79.9. The molecule has 0 spiro atoms. The summed E-state index contributed by atoms with van der Waals surface area (Å²) in [6, 6.07) is 20.6. The summed E-state index contributed by atoms with van der Waals surface area (Å²) in [5.74, 6) is 0.882. The molecular formula is C21H20BrNO3S. The Bertz CT molecular complexity index is 922. The lowest BCUT2D eigenvalue weighted by Gasteiger charge is -2.19. The fourth-order valence-electron chi connectivity index (χ4n) is 2.66. The standard InChI is InChI=1S/C21H20BrNO3S/c1-2-23(14-16-6-4-3-5-7-16)21(24)20-13-10-18(26-20)15-27(25)19-11-8-17(22)9-12-19/h3-13H,2,14-15H2,1H3. The number of hydrogen-bond acceptors (Lipinski definition) is 3. The average molecular weight is 446 g/mol. The molecule has 2 aromatic carbocycles. The predicted molar refractivity (Wildman–Crippen MR) is 110 cm³/mol. The molecule has 1 atom stereocenters. The van der Waals surface area contributed by atoms with Crippen LogP contribution in [0.5, 0.6) is 0 Å². The third-order valence-corrected chi connectivity index (χ3v) is 5.98. The minimum Gasteiger partial charge on any atom is -0.455 e. The number of benzene rings is 2. The van der Waals surface area contributed by atoms with Crippen molar-refractivity contribution in [3.63, 3.8) is 0 Å². The Balaban J connectivity index is 1.67. The van der Waals surface area contributed by atoms with E-state index < -0.39 is 10.8 Å². The number of hydrogen-bond donors (Lipinski definition) is 0. The molecule has 0 aliphatic rings. The SMILES string of the molecule is CCN(Cc1ccccc1)C(=O)c1ccc(CS(=O)c2ccc(Br)cc2)o1. The smallest absolute Gasteiger partial charge is 0.289 e. The maximum Gasteiger partial charge on any atom is 0.289 e. The number of furan rings is 1. The van der Waals surface area contributed by atoms with Gasteiger partial charge < -0.3 is 9.32 Å². The van der Waals surface area contributed by atoms with E-state index in [9.17, 15) is 9.00 Å².